The molecule has 1 saturated carbocycles. The molecule has 0 amide bonds. The van der Waals surface area contributed by atoms with Crippen molar-refractivity contribution in [2.45, 2.75) is 51.5 Å². The van der Waals surface area contributed by atoms with Crippen molar-refractivity contribution in [3.63, 3.8) is 0 Å². The number of likely N-dealkylation sites (tertiary alicyclic amines) is 1. The van der Waals surface area contributed by atoms with E-state index in [1.165, 1.54) is 45.2 Å². The van der Waals surface area contributed by atoms with Crippen LogP contribution in [0.2, 0.25) is 0 Å². The maximum Gasteiger partial charge on any atom is 0.0382 e. The van der Waals surface area contributed by atoms with Crippen LogP contribution >= 0.6 is 0 Å². The van der Waals surface area contributed by atoms with E-state index in [0.29, 0.717) is 11.0 Å². The van der Waals surface area contributed by atoms with Crippen LogP contribution in [0.5, 0.6) is 0 Å². The lowest BCUT2D eigenvalue weighted by Gasteiger charge is -2.62. The molecule has 2 rings (SSSR count). The van der Waals surface area contributed by atoms with Crippen LogP contribution in [0.1, 0.15) is 46.0 Å². The van der Waals surface area contributed by atoms with Gasteiger partial charge in [0.2, 0.25) is 0 Å². The molecular formula is C12H24N2. The zero-order valence-electron chi connectivity index (χ0n) is 9.68. The average Bonchev–Trinajstić information content (AvgIpc) is 2.19. The highest BCUT2D eigenvalue weighted by Gasteiger charge is 2.55. The molecule has 1 saturated heterocycles. The summed E-state index contributed by atoms with van der Waals surface area (Å²) in [4.78, 5) is 2.68. The summed E-state index contributed by atoms with van der Waals surface area (Å²) in [5, 5.41) is 0. The van der Waals surface area contributed by atoms with Crippen LogP contribution in [0.3, 0.4) is 0 Å². The molecule has 1 aliphatic heterocycles. The summed E-state index contributed by atoms with van der Waals surface area (Å²) < 4.78 is 0. The number of nitrogens with two attached hydrogens (primary N) is 1. The molecule has 82 valence electrons. The highest BCUT2D eigenvalue weighted by Crippen LogP contribution is 2.53. The Bertz CT molecular complexity index is 202. The molecule has 0 aromatic rings. The van der Waals surface area contributed by atoms with Gasteiger partial charge >= 0.3 is 0 Å². The van der Waals surface area contributed by atoms with Gasteiger partial charge < -0.3 is 5.73 Å². The molecular weight excluding hydrogens is 172 g/mol. The summed E-state index contributed by atoms with van der Waals surface area (Å²) in [6.07, 6.45) is 6.82. The lowest BCUT2D eigenvalue weighted by Crippen LogP contribution is -2.69. The van der Waals surface area contributed by atoms with Crippen molar-refractivity contribution in [1.82, 2.24) is 4.90 Å². The Morgan fingerprint density at radius 2 is 1.71 bits per heavy atom. The second-order valence-electron chi connectivity index (χ2n) is 5.67. The van der Waals surface area contributed by atoms with Crippen LogP contribution in [-0.4, -0.2) is 30.1 Å². The Kier molecular flexibility index (Phi) is 2.61. The van der Waals surface area contributed by atoms with Gasteiger partial charge in [0.05, 0.1) is 0 Å². The van der Waals surface area contributed by atoms with Gasteiger partial charge in [0.15, 0.2) is 0 Å². The Morgan fingerprint density at radius 3 is 2.07 bits per heavy atom. The fourth-order valence-electron chi connectivity index (χ4n) is 3.33. The Hall–Kier alpha value is -0.0800. The van der Waals surface area contributed by atoms with Gasteiger partial charge in [0.25, 0.3) is 0 Å². The number of rotatable bonds is 2. The van der Waals surface area contributed by atoms with Gasteiger partial charge in [0, 0.05) is 12.1 Å². The summed E-state index contributed by atoms with van der Waals surface area (Å²) in [6.45, 7) is 8.18. The van der Waals surface area contributed by atoms with Gasteiger partial charge in [-0.15, -0.1) is 0 Å². The molecule has 2 nitrogen and oxygen atoms in total. The lowest BCUT2D eigenvalue weighted by atomic mass is 9.55. The quantitative estimate of drug-likeness (QED) is 0.732. The monoisotopic (exact) mass is 196 g/mol. The fraction of sp³-hybridized carbons (Fsp3) is 1.00. The molecule has 0 spiro atoms. The third kappa shape index (κ3) is 1.31. The van der Waals surface area contributed by atoms with Gasteiger partial charge in [-0.3, -0.25) is 4.90 Å². The third-order valence-corrected chi connectivity index (χ3v) is 4.72. The van der Waals surface area contributed by atoms with Crippen molar-refractivity contribution < 1.29 is 0 Å². The summed E-state index contributed by atoms with van der Waals surface area (Å²) in [7, 11) is 0. The highest BCUT2D eigenvalue weighted by atomic mass is 15.2. The van der Waals surface area contributed by atoms with Crippen molar-refractivity contribution in [2.24, 2.45) is 11.1 Å². The van der Waals surface area contributed by atoms with Crippen molar-refractivity contribution in [3.05, 3.63) is 0 Å². The van der Waals surface area contributed by atoms with Crippen LogP contribution in [0.15, 0.2) is 0 Å². The molecule has 14 heavy (non-hydrogen) atoms. The molecule has 0 aromatic heterocycles. The van der Waals surface area contributed by atoms with E-state index in [9.17, 15) is 0 Å². The zero-order chi connectivity index (χ0) is 10.2. The molecule has 2 aliphatic rings. The highest BCUT2D eigenvalue weighted by molar-refractivity contribution is 5.11. The Morgan fingerprint density at radius 1 is 1.07 bits per heavy atom. The second-order valence-corrected chi connectivity index (χ2v) is 5.67. The molecule has 1 atom stereocenters. The average molecular weight is 196 g/mol. The second kappa shape index (κ2) is 3.49. The van der Waals surface area contributed by atoms with Gasteiger partial charge in [-0.1, -0.05) is 20.3 Å². The first kappa shape index (κ1) is 10.4. The number of hydrogen-bond donors (Lipinski definition) is 1. The number of piperidine rings is 1. The smallest absolute Gasteiger partial charge is 0.0382 e. The molecule has 0 radical (unpaired) electrons. The molecule has 0 bridgehead atoms. The minimum Gasteiger partial charge on any atom is -0.329 e. The summed E-state index contributed by atoms with van der Waals surface area (Å²) >= 11 is 0. The van der Waals surface area contributed by atoms with Gasteiger partial charge in [-0.05, 0) is 44.2 Å². The van der Waals surface area contributed by atoms with Crippen molar-refractivity contribution in [3.8, 4) is 0 Å². The molecule has 1 unspecified atom stereocenters. The Balaban J connectivity index is 2.11. The van der Waals surface area contributed by atoms with Crippen LogP contribution in [0.4, 0.5) is 0 Å². The molecule has 2 fully saturated rings. The van der Waals surface area contributed by atoms with Gasteiger partial charge in [0.1, 0.15) is 0 Å². The summed E-state index contributed by atoms with van der Waals surface area (Å²) in [5.41, 5.74) is 6.82. The molecule has 0 aromatic carbocycles. The van der Waals surface area contributed by atoms with Gasteiger partial charge in [-0.2, -0.15) is 0 Å². The third-order valence-electron chi connectivity index (χ3n) is 4.72. The maximum absolute atomic E-state index is 6.03. The fourth-order valence-corrected chi connectivity index (χ4v) is 3.33. The van der Waals surface area contributed by atoms with Crippen LogP contribution in [-0.2, 0) is 0 Å². The predicted molar refractivity (Wildman–Crippen MR) is 60.2 cm³/mol. The standard InChI is InChI=1S/C12H24N2/c1-11(2)6-7-12(11,10-13)14-8-4-3-5-9-14/h3-10,13H2,1-2H3. The van der Waals surface area contributed by atoms with Crippen LogP contribution in [0.25, 0.3) is 0 Å². The molecule has 2 heteroatoms. The minimum atomic E-state index is 0.341. The maximum atomic E-state index is 6.03. The zero-order valence-corrected chi connectivity index (χ0v) is 9.68. The molecule has 2 N–H and O–H groups in total. The number of hydrogen-bond acceptors (Lipinski definition) is 2. The lowest BCUT2D eigenvalue weighted by molar-refractivity contribution is -0.101. The molecule has 1 heterocycles. The van der Waals surface area contributed by atoms with Crippen LogP contribution < -0.4 is 5.73 Å². The van der Waals surface area contributed by atoms with E-state index < -0.39 is 0 Å². The predicted octanol–water partition coefficient (Wildman–Crippen LogP) is 1.99. The van der Waals surface area contributed by atoms with Crippen molar-refractivity contribution in [1.29, 1.82) is 0 Å². The van der Waals surface area contributed by atoms with Crippen molar-refractivity contribution in [2.75, 3.05) is 19.6 Å². The van der Waals surface area contributed by atoms with E-state index in [0.717, 1.165) is 6.54 Å². The molecule has 1 aliphatic carbocycles. The van der Waals surface area contributed by atoms with Crippen LogP contribution in [0, 0.1) is 5.41 Å². The van der Waals surface area contributed by atoms with E-state index >= 15 is 0 Å². The largest absolute Gasteiger partial charge is 0.329 e. The first-order chi connectivity index (χ1) is 6.62. The SMILES string of the molecule is CC1(C)CCC1(CN)N1CCCCC1. The van der Waals surface area contributed by atoms with E-state index in [2.05, 4.69) is 18.7 Å². The van der Waals surface area contributed by atoms with E-state index in [-0.39, 0.29) is 0 Å². The first-order valence-corrected chi connectivity index (χ1v) is 6.07. The Labute approximate surface area is 87.8 Å². The van der Waals surface area contributed by atoms with E-state index in [1.807, 2.05) is 0 Å². The van der Waals surface area contributed by atoms with Crippen molar-refractivity contribution >= 4 is 0 Å². The van der Waals surface area contributed by atoms with E-state index in [1.54, 1.807) is 0 Å². The normalized spacial score (nSPS) is 37.9. The topological polar surface area (TPSA) is 29.3 Å². The first-order valence-electron chi connectivity index (χ1n) is 6.07. The number of nitrogens with zero attached hydrogens (tertiary/aromatic N) is 1. The summed E-state index contributed by atoms with van der Waals surface area (Å²) in [5.74, 6) is 0. The summed E-state index contributed by atoms with van der Waals surface area (Å²) in [6, 6.07) is 0. The van der Waals surface area contributed by atoms with E-state index in [4.69, 9.17) is 5.73 Å². The minimum absolute atomic E-state index is 0.341. The van der Waals surface area contributed by atoms with Gasteiger partial charge in [-0.25, -0.2) is 0 Å².